The van der Waals surface area contributed by atoms with Gasteiger partial charge in [0, 0.05) is 18.8 Å². The van der Waals surface area contributed by atoms with E-state index in [1.807, 2.05) is 0 Å². The monoisotopic (exact) mass is 447 g/mol. The molecule has 0 aliphatic carbocycles. The van der Waals surface area contributed by atoms with Crippen molar-refractivity contribution in [3.8, 4) is 0 Å². The van der Waals surface area contributed by atoms with Crippen LogP contribution in [-0.4, -0.2) is 32.9 Å². The van der Waals surface area contributed by atoms with E-state index < -0.39 is 32.8 Å². The van der Waals surface area contributed by atoms with Crippen molar-refractivity contribution in [3.05, 3.63) is 58.1 Å². The molecule has 0 atom stereocenters. The molecule has 2 aromatic carbocycles. The number of urea groups is 1. The fourth-order valence-corrected chi connectivity index (χ4v) is 4.02. The summed E-state index contributed by atoms with van der Waals surface area (Å²) in [6, 6.07) is 7.22. The number of rotatable bonds is 3. The number of benzene rings is 2. The lowest BCUT2D eigenvalue weighted by Gasteiger charge is -2.29. The molecular formula is C18H17ClF3N3O3S. The lowest BCUT2D eigenvalue weighted by molar-refractivity contribution is -0.137. The van der Waals surface area contributed by atoms with Gasteiger partial charge >= 0.3 is 12.2 Å². The maximum atomic E-state index is 13.0. The molecule has 0 radical (unpaired) electrons. The average molecular weight is 448 g/mol. The molecule has 0 saturated heterocycles. The molecule has 156 valence electrons. The number of carbonyl (C=O) groups excluding carboxylic acids is 1. The van der Waals surface area contributed by atoms with Gasteiger partial charge in [0.25, 0.3) is 0 Å². The molecule has 2 amide bonds. The van der Waals surface area contributed by atoms with Crippen LogP contribution in [0.3, 0.4) is 0 Å². The minimum atomic E-state index is -4.64. The number of alkyl halides is 3. The summed E-state index contributed by atoms with van der Waals surface area (Å²) in [7, 11) is -2.33. The fraction of sp³-hybridized carbons (Fsp3) is 0.278. The van der Waals surface area contributed by atoms with Crippen molar-refractivity contribution in [2.24, 2.45) is 0 Å². The Morgan fingerprint density at radius 1 is 1.14 bits per heavy atom. The zero-order chi connectivity index (χ0) is 21.4. The van der Waals surface area contributed by atoms with Gasteiger partial charge in [0.1, 0.15) is 0 Å². The number of carbonyl (C=O) groups is 1. The van der Waals surface area contributed by atoms with Gasteiger partial charge in [-0.2, -0.15) is 13.2 Å². The van der Waals surface area contributed by atoms with Crippen LogP contribution < -0.4 is 10.0 Å². The minimum Gasteiger partial charge on any atom is -0.320 e. The highest BCUT2D eigenvalue weighted by molar-refractivity contribution is 7.89. The van der Waals surface area contributed by atoms with Gasteiger partial charge in [0.2, 0.25) is 10.0 Å². The first-order chi connectivity index (χ1) is 13.5. The van der Waals surface area contributed by atoms with Crippen molar-refractivity contribution in [3.63, 3.8) is 0 Å². The first kappa shape index (κ1) is 21.4. The van der Waals surface area contributed by atoms with Crippen LogP contribution in [-0.2, 0) is 29.2 Å². The third-order valence-electron chi connectivity index (χ3n) is 4.58. The number of hydrogen-bond acceptors (Lipinski definition) is 3. The summed E-state index contributed by atoms with van der Waals surface area (Å²) in [6.07, 6.45) is -4.14. The van der Waals surface area contributed by atoms with E-state index in [9.17, 15) is 26.4 Å². The zero-order valence-corrected chi connectivity index (χ0v) is 16.7. The van der Waals surface area contributed by atoms with Crippen molar-refractivity contribution >= 4 is 33.3 Å². The van der Waals surface area contributed by atoms with Crippen LogP contribution in [0.25, 0.3) is 0 Å². The summed E-state index contributed by atoms with van der Waals surface area (Å²) in [5.74, 6) is 0. The minimum absolute atomic E-state index is 0.0379. The van der Waals surface area contributed by atoms with Crippen molar-refractivity contribution in [2.75, 3.05) is 18.9 Å². The van der Waals surface area contributed by atoms with Crippen LogP contribution >= 0.6 is 11.6 Å². The van der Waals surface area contributed by atoms with Crippen LogP contribution in [0.5, 0.6) is 0 Å². The maximum absolute atomic E-state index is 13.0. The van der Waals surface area contributed by atoms with E-state index in [0.717, 1.165) is 17.7 Å². The summed E-state index contributed by atoms with van der Waals surface area (Å²) in [5, 5.41) is 1.98. The molecule has 1 heterocycles. The van der Waals surface area contributed by atoms with Crippen molar-refractivity contribution in [2.45, 2.75) is 24.0 Å². The van der Waals surface area contributed by atoms with Gasteiger partial charge < -0.3 is 10.2 Å². The van der Waals surface area contributed by atoms with Crippen molar-refractivity contribution in [1.29, 1.82) is 0 Å². The van der Waals surface area contributed by atoms with E-state index in [0.29, 0.717) is 18.5 Å². The summed E-state index contributed by atoms with van der Waals surface area (Å²) >= 11 is 5.59. The van der Waals surface area contributed by atoms with E-state index in [4.69, 9.17) is 11.6 Å². The number of hydrogen-bond donors (Lipinski definition) is 2. The Hall–Kier alpha value is -2.30. The van der Waals surface area contributed by atoms with Crippen LogP contribution in [0.4, 0.5) is 23.7 Å². The maximum Gasteiger partial charge on any atom is 0.417 e. The molecule has 1 aliphatic rings. The summed E-state index contributed by atoms with van der Waals surface area (Å²) in [5.41, 5.74) is 0.497. The van der Waals surface area contributed by atoms with Gasteiger partial charge in [-0.1, -0.05) is 17.7 Å². The topological polar surface area (TPSA) is 78.5 Å². The molecule has 11 heteroatoms. The molecule has 0 saturated carbocycles. The quantitative estimate of drug-likeness (QED) is 0.750. The molecule has 6 nitrogen and oxygen atoms in total. The summed E-state index contributed by atoms with van der Waals surface area (Å²) in [4.78, 5) is 14.0. The lowest BCUT2D eigenvalue weighted by Crippen LogP contribution is -2.39. The SMILES string of the molecule is CNS(=O)(=O)c1ccc2c(c1)CN(C(=O)Nc1ccc(Cl)c(C(F)(F)F)c1)CC2. The molecule has 0 aromatic heterocycles. The molecule has 3 rings (SSSR count). The molecule has 2 aromatic rings. The Morgan fingerprint density at radius 2 is 1.86 bits per heavy atom. The Bertz CT molecular complexity index is 1060. The Balaban J connectivity index is 1.79. The van der Waals surface area contributed by atoms with E-state index in [2.05, 4.69) is 10.0 Å². The highest BCUT2D eigenvalue weighted by atomic mass is 35.5. The smallest absolute Gasteiger partial charge is 0.320 e. The molecule has 1 aliphatic heterocycles. The second kappa shape index (κ2) is 7.85. The number of nitrogens with zero attached hydrogens (tertiary/aromatic N) is 1. The normalized spacial score (nSPS) is 14.4. The Kier molecular flexibility index (Phi) is 5.79. The second-order valence-corrected chi connectivity index (χ2v) is 8.73. The van der Waals surface area contributed by atoms with Gasteiger partial charge in [-0.25, -0.2) is 17.9 Å². The summed E-state index contributed by atoms with van der Waals surface area (Å²) in [6.45, 7) is 0.477. The number of anilines is 1. The molecule has 29 heavy (non-hydrogen) atoms. The van der Waals surface area contributed by atoms with Crippen molar-refractivity contribution in [1.82, 2.24) is 9.62 Å². The lowest BCUT2D eigenvalue weighted by atomic mass is 10.0. The Labute approximate surface area is 170 Å². The Morgan fingerprint density at radius 3 is 2.52 bits per heavy atom. The summed E-state index contributed by atoms with van der Waals surface area (Å²) < 4.78 is 65.1. The molecule has 0 spiro atoms. The van der Waals surface area contributed by atoms with Crippen LogP contribution in [0.2, 0.25) is 5.02 Å². The van der Waals surface area contributed by atoms with Crippen LogP contribution in [0, 0.1) is 0 Å². The predicted octanol–water partition coefficient (Wildman–Crippen LogP) is 3.86. The third kappa shape index (κ3) is 4.65. The van der Waals surface area contributed by atoms with Gasteiger partial charge in [0.15, 0.2) is 0 Å². The highest BCUT2D eigenvalue weighted by Gasteiger charge is 2.33. The molecule has 0 fully saturated rings. The van der Waals surface area contributed by atoms with E-state index in [1.54, 1.807) is 6.07 Å². The number of sulfonamides is 1. The van der Waals surface area contributed by atoms with E-state index in [1.165, 1.54) is 30.1 Å². The number of amides is 2. The standard InChI is InChI=1S/C18H17ClF3N3O3S/c1-23-29(27,28)14-4-2-11-6-7-25(10-12(11)8-14)17(26)24-13-3-5-16(19)15(9-13)18(20,21)22/h2-5,8-9,23H,6-7,10H2,1H3,(H,24,26). The number of halogens is 4. The fourth-order valence-electron chi connectivity index (χ4n) is 3.01. The van der Waals surface area contributed by atoms with E-state index in [-0.39, 0.29) is 17.1 Å². The first-order valence-electron chi connectivity index (χ1n) is 8.49. The third-order valence-corrected chi connectivity index (χ3v) is 6.32. The second-order valence-electron chi connectivity index (χ2n) is 6.43. The number of nitrogens with one attached hydrogen (secondary N) is 2. The highest BCUT2D eigenvalue weighted by Crippen LogP contribution is 2.36. The number of fused-ring (bicyclic) bond motifs is 1. The van der Waals surface area contributed by atoms with Gasteiger partial charge in [-0.15, -0.1) is 0 Å². The first-order valence-corrected chi connectivity index (χ1v) is 10.4. The van der Waals surface area contributed by atoms with Crippen LogP contribution in [0.1, 0.15) is 16.7 Å². The largest absolute Gasteiger partial charge is 0.417 e. The molecule has 0 bridgehead atoms. The molecular weight excluding hydrogens is 431 g/mol. The molecule has 2 N–H and O–H groups in total. The molecule has 0 unspecified atom stereocenters. The van der Waals surface area contributed by atoms with Gasteiger partial charge in [-0.3, -0.25) is 0 Å². The average Bonchev–Trinajstić information content (AvgIpc) is 2.67. The zero-order valence-electron chi connectivity index (χ0n) is 15.2. The predicted molar refractivity (Wildman–Crippen MR) is 102 cm³/mol. The van der Waals surface area contributed by atoms with E-state index >= 15 is 0 Å². The van der Waals surface area contributed by atoms with Crippen molar-refractivity contribution < 1.29 is 26.4 Å². The van der Waals surface area contributed by atoms with Gasteiger partial charge in [0.05, 0.1) is 15.5 Å². The van der Waals surface area contributed by atoms with Crippen LogP contribution in [0.15, 0.2) is 41.3 Å². The van der Waals surface area contributed by atoms with Gasteiger partial charge in [-0.05, 0) is 54.9 Å².